The van der Waals surface area contributed by atoms with Gasteiger partial charge in [-0.25, -0.2) is 8.78 Å². The number of nitrogens with two attached hydrogens (primary N) is 1. The molecule has 0 aliphatic carbocycles. The normalized spacial score (nSPS) is 18.5. The van der Waals surface area contributed by atoms with Crippen LogP contribution in [0.25, 0.3) is 0 Å². The summed E-state index contributed by atoms with van der Waals surface area (Å²) in [7, 11) is 0. The van der Waals surface area contributed by atoms with E-state index in [1.54, 1.807) is 0 Å². The van der Waals surface area contributed by atoms with Crippen LogP contribution in [0.1, 0.15) is 25.7 Å². The summed E-state index contributed by atoms with van der Waals surface area (Å²) in [5.74, 6) is -2.01. The van der Waals surface area contributed by atoms with Crippen LogP contribution in [0.5, 0.6) is 0 Å². The van der Waals surface area contributed by atoms with Gasteiger partial charge in [0.05, 0.1) is 17.5 Å². The Morgan fingerprint density at radius 1 is 1.42 bits per heavy atom. The Balaban J connectivity index is 1.89. The number of ether oxygens (including phenoxy) is 1. The van der Waals surface area contributed by atoms with Crippen molar-refractivity contribution in [2.24, 2.45) is 0 Å². The van der Waals surface area contributed by atoms with E-state index in [9.17, 15) is 13.6 Å². The fourth-order valence-electron chi connectivity index (χ4n) is 2.04. The Hall–Kier alpha value is -1.69. The number of carbonyl (C=O) groups is 1. The minimum absolute atomic E-state index is 0.101. The summed E-state index contributed by atoms with van der Waals surface area (Å²) in [5.41, 5.74) is 5.03. The molecule has 0 spiro atoms. The molecule has 0 saturated carbocycles. The van der Waals surface area contributed by atoms with E-state index < -0.39 is 11.6 Å². The first-order valence-electron chi connectivity index (χ1n) is 6.22. The second-order valence-corrected chi connectivity index (χ2v) is 4.58. The number of amides is 1. The average molecular weight is 270 g/mol. The van der Waals surface area contributed by atoms with Crippen LogP contribution < -0.4 is 11.1 Å². The maximum atomic E-state index is 13.4. The van der Waals surface area contributed by atoms with Gasteiger partial charge in [-0.1, -0.05) is 0 Å². The van der Waals surface area contributed by atoms with Gasteiger partial charge >= 0.3 is 0 Å². The van der Waals surface area contributed by atoms with Crippen LogP contribution in [0.3, 0.4) is 0 Å². The minimum Gasteiger partial charge on any atom is -0.396 e. The molecule has 3 N–H and O–H groups in total. The predicted octanol–water partition coefficient (Wildman–Crippen LogP) is 2.44. The SMILES string of the molecule is Nc1cc(NC(=O)CCC2CCCO2)c(F)cc1F. The molecule has 1 aliphatic rings. The summed E-state index contributed by atoms with van der Waals surface area (Å²) in [6, 6.07) is 1.74. The number of halogens is 2. The molecular weight excluding hydrogens is 254 g/mol. The van der Waals surface area contributed by atoms with E-state index in [-0.39, 0.29) is 29.8 Å². The highest BCUT2D eigenvalue weighted by Crippen LogP contribution is 2.22. The average Bonchev–Trinajstić information content (AvgIpc) is 2.86. The fourth-order valence-corrected chi connectivity index (χ4v) is 2.04. The minimum atomic E-state index is -0.838. The van der Waals surface area contributed by atoms with Gasteiger partial charge in [-0.2, -0.15) is 0 Å². The lowest BCUT2D eigenvalue weighted by atomic mass is 10.1. The lowest BCUT2D eigenvalue weighted by Gasteiger charge is -2.10. The summed E-state index contributed by atoms with van der Waals surface area (Å²) in [6.07, 6.45) is 2.90. The van der Waals surface area contributed by atoms with Gasteiger partial charge in [0.2, 0.25) is 5.91 Å². The van der Waals surface area contributed by atoms with E-state index in [1.165, 1.54) is 0 Å². The van der Waals surface area contributed by atoms with Gasteiger partial charge in [0.15, 0.2) is 0 Å². The molecule has 0 radical (unpaired) electrons. The lowest BCUT2D eigenvalue weighted by Crippen LogP contribution is -2.16. The van der Waals surface area contributed by atoms with Crippen molar-refractivity contribution in [3.05, 3.63) is 23.8 Å². The number of nitrogens with one attached hydrogen (secondary N) is 1. The zero-order chi connectivity index (χ0) is 13.8. The van der Waals surface area contributed by atoms with Crippen molar-refractivity contribution in [3.63, 3.8) is 0 Å². The number of hydrogen-bond acceptors (Lipinski definition) is 3. The molecule has 19 heavy (non-hydrogen) atoms. The molecule has 4 nitrogen and oxygen atoms in total. The Morgan fingerprint density at radius 2 is 2.21 bits per heavy atom. The maximum Gasteiger partial charge on any atom is 0.224 e. The second-order valence-electron chi connectivity index (χ2n) is 4.58. The third kappa shape index (κ3) is 3.64. The Kier molecular flexibility index (Phi) is 4.31. The summed E-state index contributed by atoms with van der Waals surface area (Å²) in [5, 5.41) is 2.39. The lowest BCUT2D eigenvalue weighted by molar-refractivity contribution is -0.116. The molecular formula is C13H16F2N2O2. The van der Waals surface area contributed by atoms with E-state index in [2.05, 4.69) is 5.32 Å². The maximum absolute atomic E-state index is 13.4. The molecule has 1 unspecified atom stereocenters. The Labute approximate surface area is 109 Å². The van der Waals surface area contributed by atoms with E-state index in [1.807, 2.05) is 0 Å². The van der Waals surface area contributed by atoms with E-state index >= 15 is 0 Å². The number of benzene rings is 1. The molecule has 1 fully saturated rings. The number of hydrogen-bond donors (Lipinski definition) is 2. The van der Waals surface area contributed by atoms with E-state index in [0.29, 0.717) is 12.5 Å². The van der Waals surface area contributed by atoms with Crippen LogP contribution in [0.15, 0.2) is 12.1 Å². The first-order chi connectivity index (χ1) is 9.06. The monoisotopic (exact) mass is 270 g/mol. The number of rotatable bonds is 4. The van der Waals surface area contributed by atoms with Crippen LogP contribution in [0.2, 0.25) is 0 Å². The Morgan fingerprint density at radius 3 is 2.89 bits per heavy atom. The van der Waals surface area contributed by atoms with Gasteiger partial charge in [-0.15, -0.1) is 0 Å². The molecule has 0 bridgehead atoms. The third-order valence-electron chi connectivity index (χ3n) is 3.08. The highest BCUT2D eigenvalue weighted by Gasteiger charge is 2.17. The number of anilines is 2. The van der Waals surface area contributed by atoms with Crippen molar-refractivity contribution < 1.29 is 18.3 Å². The quantitative estimate of drug-likeness (QED) is 0.826. The van der Waals surface area contributed by atoms with E-state index in [0.717, 1.165) is 25.5 Å². The molecule has 1 saturated heterocycles. The third-order valence-corrected chi connectivity index (χ3v) is 3.08. The van der Waals surface area contributed by atoms with Crippen molar-refractivity contribution in [1.29, 1.82) is 0 Å². The van der Waals surface area contributed by atoms with Crippen molar-refractivity contribution >= 4 is 17.3 Å². The number of carbonyl (C=O) groups excluding carboxylic acids is 1. The molecule has 1 heterocycles. The molecule has 1 aromatic carbocycles. The zero-order valence-corrected chi connectivity index (χ0v) is 10.4. The highest BCUT2D eigenvalue weighted by atomic mass is 19.1. The van der Waals surface area contributed by atoms with Crippen molar-refractivity contribution in [2.45, 2.75) is 31.8 Å². The van der Waals surface area contributed by atoms with Crippen molar-refractivity contribution in [1.82, 2.24) is 0 Å². The van der Waals surface area contributed by atoms with E-state index in [4.69, 9.17) is 10.5 Å². The molecule has 6 heteroatoms. The fraction of sp³-hybridized carbons (Fsp3) is 0.462. The van der Waals surface area contributed by atoms with Gasteiger partial charge < -0.3 is 15.8 Å². The Bertz CT molecular complexity index is 474. The molecule has 1 atom stereocenters. The van der Waals surface area contributed by atoms with Gasteiger partial charge in [0, 0.05) is 19.1 Å². The highest BCUT2D eigenvalue weighted by molar-refractivity contribution is 5.91. The van der Waals surface area contributed by atoms with Crippen LogP contribution in [-0.2, 0) is 9.53 Å². The molecule has 1 aromatic rings. The van der Waals surface area contributed by atoms with Gasteiger partial charge in [0.1, 0.15) is 11.6 Å². The number of nitrogen functional groups attached to an aromatic ring is 1. The van der Waals surface area contributed by atoms with Crippen molar-refractivity contribution in [2.75, 3.05) is 17.7 Å². The molecule has 1 amide bonds. The predicted molar refractivity (Wildman–Crippen MR) is 67.6 cm³/mol. The van der Waals surface area contributed by atoms with Crippen LogP contribution >= 0.6 is 0 Å². The molecule has 1 aliphatic heterocycles. The first kappa shape index (κ1) is 13.7. The van der Waals surface area contributed by atoms with Gasteiger partial charge in [0.25, 0.3) is 0 Å². The van der Waals surface area contributed by atoms with Gasteiger partial charge in [-0.05, 0) is 25.3 Å². The zero-order valence-electron chi connectivity index (χ0n) is 10.4. The van der Waals surface area contributed by atoms with Crippen LogP contribution in [0.4, 0.5) is 20.2 Å². The summed E-state index contributed by atoms with van der Waals surface area (Å²) in [4.78, 5) is 11.6. The van der Waals surface area contributed by atoms with Crippen LogP contribution in [-0.4, -0.2) is 18.6 Å². The smallest absolute Gasteiger partial charge is 0.224 e. The largest absolute Gasteiger partial charge is 0.396 e. The van der Waals surface area contributed by atoms with Crippen LogP contribution in [0, 0.1) is 11.6 Å². The van der Waals surface area contributed by atoms with Gasteiger partial charge in [-0.3, -0.25) is 4.79 Å². The molecule has 104 valence electrons. The summed E-state index contributed by atoms with van der Waals surface area (Å²) in [6.45, 7) is 0.732. The summed E-state index contributed by atoms with van der Waals surface area (Å²) < 4.78 is 31.7. The second kappa shape index (κ2) is 5.97. The first-order valence-corrected chi connectivity index (χ1v) is 6.22. The topological polar surface area (TPSA) is 64.3 Å². The standard InChI is InChI=1S/C13H16F2N2O2/c14-9-6-10(15)12(7-11(9)16)17-13(18)4-3-8-2-1-5-19-8/h6-8H,1-5,16H2,(H,17,18). The van der Waals surface area contributed by atoms with Crippen molar-refractivity contribution in [3.8, 4) is 0 Å². The molecule has 2 rings (SSSR count). The molecule has 0 aromatic heterocycles. The summed E-state index contributed by atoms with van der Waals surface area (Å²) >= 11 is 0.